The SMILES string of the molecule is CCC1(CC)c2cc(/C=C/c3ccc(-c4ccc(C5=CCCC=C5)c(-c5ccccc5)c4)cc3)ccc2-c2ccc(N(c3ccccc3)c3ccccc3)cc21. The lowest BCUT2D eigenvalue weighted by atomic mass is 9.73. The summed E-state index contributed by atoms with van der Waals surface area (Å²) in [6.07, 6.45) is 15.8. The summed E-state index contributed by atoms with van der Waals surface area (Å²) in [5.41, 5.74) is 19.1. The van der Waals surface area contributed by atoms with Crippen LogP contribution in [0.3, 0.4) is 0 Å². The third-order valence-electron chi connectivity index (χ3n) is 12.0. The van der Waals surface area contributed by atoms with Crippen molar-refractivity contribution in [3.05, 3.63) is 216 Å². The van der Waals surface area contributed by atoms with Gasteiger partial charge in [-0.05, 0) is 135 Å². The monoisotopic (exact) mass is 721 g/mol. The molecule has 56 heavy (non-hydrogen) atoms. The molecule has 2 aliphatic carbocycles. The average Bonchev–Trinajstić information content (AvgIpc) is 3.55. The zero-order valence-electron chi connectivity index (χ0n) is 32.3. The number of benzene rings is 7. The van der Waals surface area contributed by atoms with Gasteiger partial charge in [0.05, 0.1) is 0 Å². The third kappa shape index (κ3) is 6.54. The topological polar surface area (TPSA) is 3.24 Å². The van der Waals surface area contributed by atoms with E-state index in [2.05, 4.69) is 219 Å². The van der Waals surface area contributed by atoms with Gasteiger partial charge in [0.15, 0.2) is 0 Å². The lowest BCUT2D eigenvalue weighted by Crippen LogP contribution is -2.23. The summed E-state index contributed by atoms with van der Waals surface area (Å²) in [4.78, 5) is 2.38. The fourth-order valence-corrected chi connectivity index (χ4v) is 8.98. The normalized spacial score (nSPS) is 14.0. The molecule has 0 amide bonds. The molecule has 272 valence electrons. The molecule has 0 saturated carbocycles. The van der Waals surface area contributed by atoms with E-state index in [-0.39, 0.29) is 5.41 Å². The van der Waals surface area contributed by atoms with Gasteiger partial charge in [-0.1, -0.05) is 172 Å². The molecule has 0 N–H and O–H groups in total. The first-order valence-electron chi connectivity index (χ1n) is 20.2. The second-order valence-electron chi connectivity index (χ2n) is 15.1. The predicted molar refractivity (Wildman–Crippen MR) is 241 cm³/mol. The average molecular weight is 722 g/mol. The first kappa shape index (κ1) is 35.3. The van der Waals surface area contributed by atoms with Crippen LogP contribution in [0.1, 0.15) is 67.3 Å². The fraction of sp³-hybridized carbons (Fsp3) is 0.127. The fourth-order valence-electron chi connectivity index (χ4n) is 8.98. The molecular weight excluding hydrogens is 675 g/mol. The quantitative estimate of drug-likeness (QED) is 0.127. The van der Waals surface area contributed by atoms with Gasteiger partial charge in [0.25, 0.3) is 0 Å². The number of rotatable bonds is 10. The van der Waals surface area contributed by atoms with E-state index < -0.39 is 0 Å². The van der Waals surface area contributed by atoms with Crippen molar-refractivity contribution < 1.29 is 0 Å². The summed E-state index contributed by atoms with van der Waals surface area (Å²) in [7, 11) is 0. The van der Waals surface area contributed by atoms with Crippen LogP contribution in [0.5, 0.6) is 0 Å². The molecule has 0 spiro atoms. The van der Waals surface area contributed by atoms with E-state index in [1.165, 1.54) is 72.5 Å². The molecule has 7 aromatic rings. The van der Waals surface area contributed by atoms with E-state index in [9.17, 15) is 0 Å². The molecule has 0 aromatic heterocycles. The highest BCUT2D eigenvalue weighted by atomic mass is 15.1. The van der Waals surface area contributed by atoms with Crippen LogP contribution in [0, 0.1) is 0 Å². The molecule has 9 rings (SSSR count). The predicted octanol–water partition coefficient (Wildman–Crippen LogP) is 15.5. The molecule has 0 aliphatic heterocycles. The summed E-state index contributed by atoms with van der Waals surface area (Å²) >= 11 is 0. The van der Waals surface area contributed by atoms with Crippen molar-refractivity contribution in [1.82, 2.24) is 0 Å². The molecule has 0 atom stereocenters. The number of hydrogen-bond donors (Lipinski definition) is 0. The van der Waals surface area contributed by atoms with Gasteiger partial charge in [-0.2, -0.15) is 0 Å². The van der Waals surface area contributed by atoms with Crippen LogP contribution in [0.15, 0.2) is 188 Å². The van der Waals surface area contributed by atoms with Crippen molar-refractivity contribution in [2.24, 2.45) is 0 Å². The summed E-state index contributed by atoms with van der Waals surface area (Å²) in [5, 5.41) is 0. The van der Waals surface area contributed by atoms with Crippen LogP contribution in [-0.2, 0) is 5.41 Å². The Labute approximate surface area is 332 Å². The maximum atomic E-state index is 2.46. The van der Waals surface area contributed by atoms with Crippen LogP contribution in [-0.4, -0.2) is 0 Å². The Hall–Kier alpha value is -6.44. The van der Waals surface area contributed by atoms with Crippen LogP contribution < -0.4 is 4.90 Å². The van der Waals surface area contributed by atoms with Crippen molar-refractivity contribution in [1.29, 1.82) is 0 Å². The Morgan fingerprint density at radius 2 is 1.04 bits per heavy atom. The van der Waals surface area contributed by atoms with Gasteiger partial charge in [-0.3, -0.25) is 0 Å². The van der Waals surface area contributed by atoms with Gasteiger partial charge in [-0.15, -0.1) is 0 Å². The summed E-state index contributed by atoms with van der Waals surface area (Å²) in [5.74, 6) is 0. The first-order chi connectivity index (χ1) is 27.6. The molecule has 0 unspecified atom stereocenters. The van der Waals surface area contributed by atoms with Gasteiger partial charge in [-0.25, -0.2) is 0 Å². The minimum atomic E-state index is -0.0524. The molecular formula is C55H47N. The largest absolute Gasteiger partial charge is 0.310 e. The minimum absolute atomic E-state index is 0.0524. The van der Waals surface area contributed by atoms with Gasteiger partial charge in [0.2, 0.25) is 0 Å². The standard InChI is InChI=1S/C55H47N/c1-3-55(4-2)53-37-41(29-34-50(53)51-36-33-48(39-54(51)55)56(46-21-13-7-14-22-46)47-23-15-8-16-24-47)26-25-40-27-30-42(31-28-40)45-32-35-49(43-17-9-5-10-18-43)52(38-45)44-19-11-6-12-20-44/h6-9,11-39H,3-5,10H2,1-2H3/b26-25+. The number of fused-ring (bicyclic) bond motifs is 3. The maximum absolute atomic E-state index is 2.46. The molecule has 0 fully saturated rings. The summed E-state index contributed by atoms with van der Waals surface area (Å²) < 4.78 is 0. The third-order valence-corrected chi connectivity index (χ3v) is 12.0. The van der Waals surface area contributed by atoms with Crippen molar-refractivity contribution in [3.63, 3.8) is 0 Å². The minimum Gasteiger partial charge on any atom is -0.310 e. The maximum Gasteiger partial charge on any atom is 0.0465 e. The zero-order chi connectivity index (χ0) is 37.9. The lowest BCUT2D eigenvalue weighted by molar-refractivity contribution is 0.490. The lowest BCUT2D eigenvalue weighted by Gasteiger charge is -2.32. The summed E-state index contributed by atoms with van der Waals surface area (Å²) in [6.45, 7) is 4.71. The van der Waals surface area contributed by atoms with E-state index in [0.29, 0.717) is 0 Å². The number of allylic oxidation sites excluding steroid dienone is 4. The Morgan fingerprint density at radius 1 is 0.464 bits per heavy atom. The van der Waals surface area contributed by atoms with E-state index in [1.54, 1.807) is 0 Å². The number of nitrogens with zero attached hydrogens (tertiary/aromatic N) is 1. The first-order valence-corrected chi connectivity index (χ1v) is 20.2. The van der Waals surface area contributed by atoms with Crippen molar-refractivity contribution in [2.75, 3.05) is 4.90 Å². The van der Waals surface area contributed by atoms with Crippen LogP contribution in [0.4, 0.5) is 17.1 Å². The van der Waals surface area contributed by atoms with E-state index in [1.807, 2.05) is 0 Å². The van der Waals surface area contributed by atoms with Crippen molar-refractivity contribution >= 4 is 34.8 Å². The van der Waals surface area contributed by atoms with Crippen molar-refractivity contribution in [2.45, 2.75) is 44.9 Å². The van der Waals surface area contributed by atoms with E-state index in [0.717, 1.165) is 37.1 Å². The Bertz CT molecular complexity index is 2530. The van der Waals surface area contributed by atoms with Gasteiger partial charge in [0, 0.05) is 22.5 Å². The second kappa shape index (κ2) is 15.4. The van der Waals surface area contributed by atoms with Gasteiger partial charge in [0.1, 0.15) is 0 Å². The molecule has 0 radical (unpaired) electrons. The number of para-hydroxylation sites is 2. The smallest absolute Gasteiger partial charge is 0.0465 e. The molecule has 0 heterocycles. The number of anilines is 3. The molecule has 1 nitrogen and oxygen atoms in total. The zero-order valence-corrected chi connectivity index (χ0v) is 32.3. The Morgan fingerprint density at radius 3 is 1.68 bits per heavy atom. The highest BCUT2D eigenvalue weighted by Gasteiger charge is 2.41. The highest BCUT2D eigenvalue weighted by Crippen LogP contribution is 2.54. The highest BCUT2D eigenvalue weighted by molar-refractivity contribution is 5.90. The molecule has 0 saturated heterocycles. The molecule has 2 aliphatic rings. The van der Waals surface area contributed by atoms with Crippen molar-refractivity contribution in [3.8, 4) is 33.4 Å². The molecule has 0 bridgehead atoms. The van der Waals surface area contributed by atoms with E-state index in [4.69, 9.17) is 0 Å². The molecule has 7 aromatic carbocycles. The molecule has 1 heteroatoms. The van der Waals surface area contributed by atoms with Crippen LogP contribution in [0.2, 0.25) is 0 Å². The Kier molecular flexibility index (Phi) is 9.68. The Balaban J connectivity index is 1.00. The van der Waals surface area contributed by atoms with Gasteiger partial charge < -0.3 is 4.90 Å². The van der Waals surface area contributed by atoms with Crippen LogP contribution >= 0.6 is 0 Å². The second-order valence-corrected chi connectivity index (χ2v) is 15.1. The van der Waals surface area contributed by atoms with E-state index >= 15 is 0 Å². The van der Waals surface area contributed by atoms with Crippen LogP contribution in [0.25, 0.3) is 51.1 Å². The van der Waals surface area contributed by atoms with Gasteiger partial charge >= 0.3 is 0 Å². The summed E-state index contributed by atoms with van der Waals surface area (Å²) in [6, 6.07) is 62.3. The number of hydrogen-bond acceptors (Lipinski definition) is 1.